The molecule has 0 aliphatic heterocycles. The highest BCUT2D eigenvalue weighted by Crippen LogP contribution is 2.25. The molecule has 0 spiro atoms. The fourth-order valence-corrected chi connectivity index (χ4v) is 2.70. The van der Waals surface area contributed by atoms with Crippen molar-refractivity contribution in [3.8, 4) is 0 Å². The molecule has 0 atom stereocenters. The lowest BCUT2D eigenvalue weighted by Gasteiger charge is -2.06. The Balaban J connectivity index is 2.31. The number of nitrogens with two attached hydrogens (primary N) is 1. The Morgan fingerprint density at radius 2 is 2.20 bits per heavy atom. The first kappa shape index (κ1) is 14.0. The number of nitrogens with zero attached hydrogens (tertiary/aromatic N) is 2. The number of nitrogens with one attached hydrogen (secondary N) is 2. The van der Waals surface area contributed by atoms with E-state index < -0.39 is 25.5 Å². The van der Waals surface area contributed by atoms with Crippen molar-refractivity contribution in [3.05, 3.63) is 46.3 Å². The van der Waals surface area contributed by atoms with Gasteiger partial charge in [-0.2, -0.15) is 5.10 Å². The maximum absolute atomic E-state index is 12.1. The number of sulfonamides is 1. The number of benzene rings is 1. The summed E-state index contributed by atoms with van der Waals surface area (Å²) >= 11 is 0. The molecule has 0 bridgehead atoms. The molecule has 2 rings (SSSR count). The molecule has 0 unspecified atom stereocenters. The molecule has 20 heavy (non-hydrogen) atoms. The van der Waals surface area contributed by atoms with Gasteiger partial charge < -0.3 is 5.73 Å². The number of hydrogen-bond acceptors (Lipinski definition) is 6. The third kappa shape index (κ3) is 2.92. The number of rotatable bonds is 5. The highest BCUT2D eigenvalue weighted by molar-refractivity contribution is 7.89. The van der Waals surface area contributed by atoms with E-state index in [1.165, 1.54) is 18.5 Å². The zero-order valence-electron chi connectivity index (χ0n) is 10.1. The zero-order chi connectivity index (χ0) is 14.8. The maximum atomic E-state index is 12.1. The number of H-pyrrole nitrogens is 1. The van der Waals surface area contributed by atoms with E-state index in [1.807, 2.05) is 0 Å². The van der Waals surface area contributed by atoms with Crippen molar-refractivity contribution in [2.45, 2.75) is 11.4 Å². The second-order valence-corrected chi connectivity index (χ2v) is 5.65. The summed E-state index contributed by atoms with van der Waals surface area (Å²) in [6, 6.07) is 3.40. The van der Waals surface area contributed by atoms with Crippen molar-refractivity contribution in [1.29, 1.82) is 0 Å². The quantitative estimate of drug-likeness (QED) is 0.413. The second kappa shape index (κ2) is 5.27. The van der Waals surface area contributed by atoms with Gasteiger partial charge in [-0.05, 0) is 12.1 Å². The molecular weight excluding hydrogens is 286 g/mol. The van der Waals surface area contributed by atoms with E-state index in [0.717, 1.165) is 12.1 Å². The predicted octanol–water partition coefficient (Wildman–Crippen LogP) is 0.379. The van der Waals surface area contributed by atoms with E-state index in [9.17, 15) is 18.5 Å². The molecule has 1 aromatic carbocycles. The summed E-state index contributed by atoms with van der Waals surface area (Å²) in [6.07, 6.45) is 2.96. The molecule has 4 N–H and O–H groups in total. The second-order valence-electron chi connectivity index (χ2n) is 3.92. The fourth-order valence-electron chi connectivity index (χ4n) is 1.53. The van der Waals surface area contributed by atoms with E-state index in [-0.39, 0.29) is 12.2 Å². The first-order valence-corrected chi connectivity index (χ1v) is 6.90. The average molecular weight is 297 g/mol. The smallest absolute Gasteiger partial charge is 0.291 e. The van der Waals surface area contributed by atoms with Gasteiger partial charge in [0.2, 0.25) is 10.0 Å². The minimum atomic E-state index is -4.02. The van der Waals surface area contributed by atoms with Crippen LogP contribution in [0, 0.1) is 10.1 Å². The van der Waals surface area contributed by atoms with Crippen LogP contribution in [0.2, 0.25) is 0 Å². The average Bonchev–Trinajstić information content (AvgIpc) is 2.89. The maximum Gasteiger partial charge on any atom is 0.291 e. The van der Waals surface area contributed by atoms with Crippen LogP contribution in [-0.2, 0) is 16.6 Å². The van der Waals surface area contributed by atoms with Gasteiger partial charge in [0.05, 0.1) is 11.1 Å². The van der Waals surface area contributed by atoms with Crippen molar-refractivity contribution in [1.82, 2.24) is 14.9 Å². The third-order valence-electron chi connectivity index (χ3n) is 2.49. The zero-order valence-corrected chi connectivity index (χ0v) is 10.9. The molecular formula is C10H11N5O4S. The van der Waals surface area contributed by atoms with Gasteiger partial charge in [-0.25, -0.2) is 13.1 Å². The predicted molar refractivity (Wildman–Crippen MR) is 70.1 cm³/mol. The molecule has 0 fully saturated rings. The lowest BCUT2D eigenvalue weighted by Crippen LogP contribution is -2.24. The van der Waals surface area contributed by atoms with Gasteiger partial charge in [-0.3, -0.25) is 15.2 Å². The van der Waals surface area contributed by atoms with E-state index >= 15 is 0 Å². The Morgan fingerprint density at radius 3 is 2.80 bits per heavy atom. The van der Waals surface area contributed by atoms with Crippen molar-refractivity contribution in [2.24, 2.45) is 0 Å². The Bertz CT molecular complexity index is 726. The van der Waals surface area contributed by atoms with Crippen LogP contribution in [0.3, 0.4) is 0 Å². The van der Waals surface area contributed by atoms with E-state index in [4.69, 9.17) is 5.73 Å². The van der Waals surface area contributed by atoms with Crippen LogP contribution in [0.1, 0.15) is 5.56 Å². The monoisotopic (exact) mass is 297 g/mol. The number of aromatic amines is 1. The van der Waals surface area contributed by atoms with Crippen LogP contribution in [0.25, 0.3) is 0 Å². The number of nitro benzene ring substituents is 1. The normalized spacial score (nSPS) is 11.4. The lowest BCUT2D eigenvalue weighted by atomic mass is 10.3. The van der Waals surface area contributed by atoms with Gasteiger partial charge in [0, 0.05) is 30.1 Å². The molecule has 0 aliphatic carbocycles. The van der Waals surface area contributed by atoms with Gasteiger partial charge in [0.25, 0.3) is 5.69 Å². The molecule has 0 saturated carbocycles. The van der Waals surface area contributed by atoms with Crippen LogP contribution in [0.5, 0.6) is 0 Å². The molecule has 0 aliphatic rings. The van der Waals surface area contributed by atoms with Crippen LogP contribution in [0.4, 0.5) is 11.4 Å². The largest absolute Gasteiger partial charge is 0.399 e. The molecule has 1 aromatic heterocycles. The Labute approximate surface area is 114 Å². The van der Waals surface area contributed by atoms with Crippen molar-refractivity contribution >= 4 is 21.4 Å². The fraction of sp³-hybridized carbons (Fsp3) is 0.100. The van der Waals surface area contributed by atoms with Crippen LogP contribution in [-0.4, -0.2) is 23.5 Å². The molecule has 1 heterocycles. The number of anilines is 1. The van der Waals surface area contributed by atoms with Crippen LogP contribution in [0.15, 0.2) is 35.5 Å². The summed E-state index contributed by atoms with van der Waals surface area (Å²) in [7, 11) is -4.02. The minimum absolute atomic E-state index is 0.0274. The van der Waals surface area contributed by atoms with Gasteiger partial charge in [-0.1, -0.05) is 0 Å². The summed E-state index contributed by atoms with van der Waals surface area (Å²) < 4.78 is 26.4. The number of aromatic nitrogens is 2. The first-order valence-electron chi connectivity index (χ1n) is 5.41. The summed E-state index contributed by atoms with van der Waals surface area (Å²) in [6.45, 7) is -0.0274. The Hall–Kier alpha value is -2.46. The Kier molecular flexibility index (Phi) is 3.68. The lowest BCUT2D eigenvalue weighted by molar-refractivity contribution is -0.387. The van der Waals surface area contributed by atoms with Crippen molar-refractivity contribution < 1.29 is 13.3 Å². The Morgan fingerprint density at radius 1 is 1.45 bits per heavy atom. The highest BCUT2D eigenvalue weighted by atomic mass is 32.2. The molecule has 0 radical (unpaired) electrons. The SMILES string of the molecule is Nc1ccc(S(=O)(=O)NCc2cn[nH]c2)c([N+](=O)[O-])c1. The van der Waals surface area contributed by atoms with E-state index in [0.29, 0.717) is 5.56 Å². The first-order chi connectivity index (χ1) is 9.40. The van der Waals surface area contributed by atoms with Crippen molar-refractivity contribution in [3.63, 3.8) is 0 Å². The van der Waals surface area contributed by atoms with Gasteiger partial charge in [-0.15, -0.1) is 0 Å². The number of nitrogen functional groups attached to an aromatic ring is 1. The number of nitro groups is 1. The van der Waals surface area contributed by atoms with Crippen molar-refractivity contribution in [2.75, 3.05) is 5.73 Å². The molecule has 106 valence electrons. The standard InChI is InChI=1S/C10H11N5O4S/c11-8-1-2-10(9(3-8)15(16)17)20(18,19)14-6-7-4-12-13-5-7/h1-5,14H,6,11H2,(H,12,13). The summed E-state index contributed by atoms with van der Waals surface area (Å²) in [5, 5.41) is 17.1. The molecule has 10 heteroatoms. The van der Waals surface area contributed by atoms with E-state index in [1.54, 1.807) is 0 Å². The van der Waals surface area contributed by atoms with Gasteiger partial charge in [0.1, 0.15) is 0 Å². The molecule has 0 amide bonds. The van der Waals surface area contributed by atoms with E-state index in [2.05, 4.69) is 14.9 Å². The summed E-state index contributed by atoms with van der Waals surface area (Å²) in [5.74, 6) is 0. The molecule has 9 nitrogen and oxygen atoms in total. The minimum Gasteiger partial charge on any atom is -0.399 e. The number of hydrogen-bond donors (Lipinski definition) is 3. The summed E-state index contributed by atoms with van der Waals surface area (Å²) in [4.78, 5) is 9.68. The highest BCUT2D eigenvalue weighted by Gasteiger charge is 2.25. The molecule has 2 aromatic rings. The third-order valence-corrected chi connectivity index (χ3v) is 3.94. The summed E-state index contributed by atoms with van der Waals surface area (Å²) in [5.41, 5.74) is 5.58. The van der Waals surface area contributed by atoms with Gasteiger partial charge in [0.15, 0.2) is 4.90 Å². The topological polar surface area (TPSA) is 144 Å². The van der Waals surface area contributed by atoms with Crippen LogP contribution < -0.4 is 10.5 Å². The van der Waals surface area contributed by atoms with Gasteiger partial charge >= 0.3 is 0 Å². The van der Waals surface area contributed by atoms with Crippen LogP contribution >= 0.6 is 0 Å². The molecule has 0 saturated heterocycles.